The first-order valence-electron chi connectivity index (χ1n) is 11.5. The summed E-state index contributed by atoms with van der Waals surface area (Å²) in [5.74, 6) is 0.612. The molecule has 0 amide bonds. The number of pyridine rings is 2. The first-order valence-corrected chi connectivity index (χ1v) is 11.5. The molecule has 4 nitrogen and oxygen atoms in total. The Hall–Kier alpha value is -3.24. The van der Waals surface area contributed by atoms with Gasteiger partial charge in [-0.05, 0) is 90.6 Å². The Labute approximate surface area is 189 Å². The van der Waals surface area contributed by atoms with E-state index in [2.05, 4.69) is 71.5 Å². The normalized spacial score (nSPS) is 16.3. The largest absolute Gasteiger partial charge is 0.383 e. The lowest BCUT2D eigenvalue weighted by Crippen LogP contribution is -2.12. The Morgan fingerprint density at radius 1 is 1.00 bits per heavy atom. The van der Waals surface area contributed by atoms with Crippen LogP contribution in [0.4, 0.5) is 5.82 Å². The quantitative estimate of drug-likeness (QED) is 0.414. The van der Waals surface area contributed by atoms with Gasteiger partial charge in [0.25, 0.3) is 0 Å². The Morgan fingerprint density at radius 2 is 1.91 bits per heavy atom. The van der Waals surface area contributed by atoms with Gasteiger partial charge in [-0.2, -0.15) is 0 Å². The number of nitrogens with two attached hydrogens (primary N) is 1. The third-order valence-electron chi connectivity index (χ3n) is 6.43. The van der Waals surface area contributed by atoms with E-state index >= 15 is 0 Å². The minimum Gasteiger partial charge on any atom is -0.383 e. The number of hydrogen-bond acceptors (Lipinski definition) is 4. The number of aromatic nitrogens is 2. The minimum atomic E-state index is 0.184. The molecule has 1 aliphatic rings. The van der Waals surface area contributed by atoms with Crippen LogP contribution in [0.5, 0.6) is 0 Å². The van der Waals surface area contributed by atoms with E-state index in [1.807, 2.05) is 12.4 Å². The Balaban J connectivity index is 1.38. The molecule has 0 saturated carbocycles. The van der Waals surface area contributed by atoms with Crippen molar-refractivity contribution < 1.29 is 4.74 Å². The number of rotatable bonds is 5. The summed E-state index contributed by atoms with van der Waals surface area (Å²) in [6.07, 6.45) is 9.25. The number of nitrogens with zero attached hydrogens (tertiary/aromatic N) is 2. The topological polar surface area (TPSA) is 61.0 Å². The number of ether oxygens (including phenoxy) is 1. The SMILES string of the molecule is Cc1ccccc1-c1ccc2nc(N)c(CCc3cncc(C4CCCCO4)c3)cc2c1. The van der Waals surface area contributed by atoms with E-state index in [9.17, 15) is 0 Å². The van der Waals surface area contributed by atoms with Crippen LogP contribution in [0.15, 0.2) is 67.0 Å². The number of nitrogen functional groups attached to an aromatic ring is 1. The highest BCUT2D eigenvalue weighted by Crippen LogP contribution is 2.30. The van der Waals surface area contributed by atoms with Gasteiger partial charge in [0.2, 0.25) is 0 Å². The monoisotopic (exact) mass is 423 g/mol. The second-order valence-corrected chi connectivity index (χ2v) is 8.74. The van der Waals surface area contributed by atoms with Crippen molar-refractivity contribution in [1.82, 2.24) is 9.97 Å². The Morgan fingerprint density at radius 3 is 2.75 bits per heavy atom. The average Bonchev–Trinajstić information content (AvgIpc) is 2.83. The maximum absolute atomic E-state index is 6.32. The van der Waals surface area contributed by atoms with Crippen molar-refractivity contribution in [3.63, 3.8) is 0 Å². The van der Waals surface area contributed by atoms with E-state index in [1.54, 1.807) is 0 Å². The average molecular weight is 424 g/mol. The molecule has 2 aromatic carbocycles. The molecule has 1 unspecified atom stereocenters. The second-order valence-electron chi connectivity index (χ2n) is 8.74. The molecule has 2 N–H and O–H groups in total. The summed E-state index contributed by atoms with van der Waals surface area (Å²) in [5, 5.41) is 1.12. The van der Waals surface area contributed by atoms with Crippen LogP contribution in [0.25, 0.3) is 22.0 Å². The first-order chi connectivity index (χ1) is 15.7. The minimum absolute atomic E-state index is 0.184. The van der Waals surface area contributed by atoms with Gasteiger partial charge in [-0.3, -0.25) is 4.98 Å². The lowest BCUT2D eigenvalue weighted by molar-refractivity contribution is 0.0147. The molecule has 0 bridgehead atoms. The molecule has 32 heavy (non-hydrogen) atoms. The maximum atomic E-state index is 6.32. The molecule has 1 fully saturated rings. The van der Waals surface area contributed by atoms with Crippen LogP contribution < -0.4 is 5.73 Å². The zero-order valence-corrected chi connectivity index (χ0v) is 18.6. The highest BCUT2D eigenvalue weighted by Gasteiger charge is 2.16. The van der Waals surface area contributed by atoms with Crippen molar-refractivity contribution in [3.05, 3.63) is 89.2 Å². The van der Waals surface area contributed by atoms with Crippen LogP contribution in [-0.4, -0.2) is 16.6 Å². The van der Waals surface area contributed by atoms with Gasteiger partial charge in [0, 0.05) is 24.4 Å². The summed E-state index contributed by atoms with van der Waals surface area (Å²) < 4.78 is 5.94. The molecule has 1 saturated heterocycles. The van der Waals surface area contributed by atoms with E-state index in [-0.39, 0.29) is 6.10 Å². The highest BCUT2D eigenvalue weighted by atomic mass is 16.5. The van der Waals surface area contributed by atoms with Gasteiger partial charge in [-0.25, -0.2) is 4.98 Å². The molecule has 1 atom stereocenters. The van der Waals surface area contributed by atoms with Crippen LogP contribution in [-0.2, 0) is 17.6 Å². The zero-order valence-electron chi connectivity index (χ0n) is 18.6. The zero-order chi connectivity index (χ0) is 21.9. The van der Waals surface area contributed by atoms with Gasteiger partial charge in [0.05, 0.1) is 11.6 Å². The Bertz CT molecular complexity index is 1240. The number of aryl methyl sites for hydroxylation is 3. The fraction of sp³-hybridized carbons (Fsp3) is 0.286. The van der Waals surface area contributed by atoms with Gasteiger partial charge in [0.15, 0.2) is 0 Å². The third kappa shape index (κ3) is 4.37. The third-order valence-corrected chi connectivity index (χ3v) is 6.43. The fourth-order valence-electron chi connectivity index (χ4n) is 4.60. The number of benzene rings is 2. The van der Waals surface area contributed by atoms with Crippen LogP contribution >= 0.6 is 0 Å². The summed E-state index contributed by atoms with van der Waals surface area (Å²) >= 11 is 0. The molecule has 4 aromatic rings. The highest BCUT2D eigenvalue weighted by molar-refractivity contribution is 5.87. The molecule has 0 aliphatic carbocycles. The van der Waals surface area contributed by atoms with Crippen LogP contribution in [0.3, 0.4) is 0 Å². The van der Waals surface area contributed by atoms with E-state index in [0.29, 0.717) is 5.82 Å². The van der Waals surface area contributed by atoms with Crippen LogP contribution in [0.2, 0.25) is 0 Å². The van der Waals surface area contributed by atoms with Crippen molar-refractivity contribution in [1.29, 1.82) is 0 Å². The van der Waals surface area contributed by atoms with E-state index in [4.69, 9.17) is 10.5 Å². The Kier molecular flexibility index (Phi) is 5.87. The van der Waals surface area contributed by atoms with E-state index in [0.717, 1.165) is 48.8 Å². The second kappa shape index (κ2) is 9.09. The molecule has 4 heteroatoms. The molecular formula is C28H29N3O. The predicted molar refractivity (Wildman–Crippen MR) is 131 cm³/mol. The van der Waals surface area contributed by atoms with Crippen LogP contribution in [0.1, 0.15) is 47.6 Å². The van der Waals surface area contributed by atoms with Gasteiger partial charge < -0.3 is 10.5 Å². The van der Waals surface area contributed by atoms with Crippen molar-refractivity contribution >= 4 is 16.7 Å². The smallest absolute Gasteiger partial charge is 0.127 e. The summed E-state index contributed by atoms with van der Waals surface area (Å²) in [5.41, 5.74) is 14.5. The van der Waals surface area contributed by atoms with Crippen molar-refractivity contribution in [3.8, 4) is 11.1 Å². The first kappa shape index (κ1) is 20.7. The molecule has 5 rings (SSSR count). The van der Waals surface area contributed by atoms with Crippen molar-refractivity contribution in [2.45, 2.75) is 45.1 Å². The van der Waals surface area contributed by atoms with Gasteiger partial charge in [0.1, 0.15) is 5.82 Å². The van der Waals surface area contributed by atoms with Gasteiger partial charge in [-0.1, -0.05) is 36.4 Å². The molecule has 1 aliphatic heterocycles. The molecular weight excluding hydrogens is 394 g/mol. The van der Waals surface area contributed by atoms with Gasteiger partial charge >= 0.3 is 0 Å². The van der Waals surface area contributed by atoms with Crippen molar-refractivity contribution in [2.75, 3.05) is 12.3 Å². The van der Waals surface area contributed by atoms with Crippen molar-refractivity contribution in [2.24, 2.45) is 0 Å². The molecule has 2 aromatic heterocycles. The maximum Gasteiger partial charge on any atom is 0.127 e. The fourth-order valence-corrected chi connectivity index (χ4v) is 4.60. The number of fused-ring (bicyclic) bond motifs is 1. The molecule has 162 valence electrons. The molecule has 3 heterocycles. The lowest BCUT2D eigenvalue weighted by atomic mass is 9.97. The summed E-state index contributed by atoms with van der Waals surface area (Å²) in [4.78, 5) is 9.15. The van der Waals surface area contributed by atoms with E-state index < -0.39 is 0 Å². The summed E-state index contributed by atoms with van der Waals surface area (Å²) in [6.45, 7) is 2.99. The van der Waals surface area contributed by atoms with Crippen LogP contribution in [0, 0.1) is 6.92 Å². The summed E-state index contributed by atoms with van der Waals surface area (Å²) in [6, 6.07) is 19.3. The molecule has 0 spiro atoms. The number of anilines is 1. The predicted octanol–water partition coefficient (Wildman–Crippen LogP) is 6.21. The van der Waals surface area contributed by atoms with Gasteiger partial charge in [-0.15, -0.1) is 0 Å². The standard InChI is InChI=1S/C28H29N3O/c1-19-6-2-3-7-25(19)21-11-12-26-23(15-21)16-22(28(29)31-26)10-9-20-14-24(18-30-17-20)27-8-4-5-13-32-27/h2-3,6-7,11-12,14-18,27H,4-5,8-10,13H2,1H3,(H2,29,31). The number of hydrogen-bond donors (Lipinski definition) is 1. The lowest BCUT2D eigenvalue weighted by Gasteiger charge is -2.23. The van der Waals surface area contributed by atoms with E-state index in [1.165, 1.54) is 34.2 Å². The summed E-state index contributed by atoms with van der Waals surface area (Å²) in [7, 11) is 0. The molecule has 0 radical (unpaired) electrons.